The topological polar surface area (TPSA) is 79.1 Å². The molecular formula is C18H26N6O. The van der Waals surface area contributed by atoms with Crippen LogP contribution >= 0.6 is 0 Å². The van der Waals surface area contributed by atoms with Crippen LogP contribution in [0.15, 0.2) is 30.3 Å². The fourth-order valence-corrected chi connectivity index (χ4v) is 4.10. The quantitative estimate of drug-likeness (QED) is 0.883. The van der Waals surface area contributed by atoms with Crippen molar-refractivity contribution in [3.63, 3.8) is 0 Å². The van der Waals surface area contributed by atoms with Crippen LogP contribution in [0.1, 0.15) is 38.5 Å². The van der Waals surface area contributed by atoms with Gasteiger partial charge in [-0.1, -0.05) is 36.1 Å². The first-order valence-corrected chi connectivity index (χ1v) is 9.34. The second-order valence-electron chi connectivity index (χ2n) is 7.12. The molecule has 0 radical (unpaired) electrons. The summed E-state index contributed by atoms with van der Waals surface area (Å²) in [5.74, 6) is 0.697. The summed E-state index contributed by atoms with van der Waals surface area (Å²) in [4.78, 5) is 2.47. The summed E-state index contributed by atoms with van der Waals surface area (Å²) in [6.45, 7) is 2.04. The van der Waals surface area contributed by atoms with E-state index in [-0.39, 0.29) is 6.10 Å². The molecule has 0 spiro atoms. The predicted molar refractivity (Wildman–Crippen MR) is 95.6 cm³/mol. The van der Waals surface area contributed by atoms with Crippen molar-refractivity contribution in [2.45, 2.75) is 56.7 Å². The number of tetrazole rings is 1. The van der Waals surface area contributed by atoms with E-state index in [2.05, 4.69) is 25.7 Å². The molecule has 1 aromatic heterocycles. The van der Waals surface area contributed by atoms with Gasteiger partial charge in [-0.3, -0.25) is 4.90 Å². The van der Waals surface area contributed by atoms with Gasteiger partial charge in [-0.2, -0.15) is 4.68 Å². The minimum atomic E-state index is -0.149. The van der Waals surface area contributed by atoms with Crippen LogP contribution in [0.25, 0.3) is 5.69 Å². The van der Waals surface area contributed by atoms with Crippen LogP contribution in [-0.2, 0) is 0 Å². The Kier molecular flexibility index (Phi) is 4.94. The number of aromatic nitrogens is 4. The van der Waals surface area contributed by atoms with E-state index in [9.17, 15) is 5.11 Å². The van der Waals surface area contributed by atoms with E-state index >= 15 is 0 Å². The van der Waals surface area contributed by atoms with Gasteiger partial charge in [0.05, 0.1) is 11.8 Å². The van der Waals surface area contributed by atoms with Crippen LogP contribution in [-0.4, -0.2) is 61.5 Å². The van der Waals surface area contributed by atoms with Gasteiger partial charge in [-0.15, -0.1) is 0 Å². The fourth-order valence-electron chi connectivity index (χ4n) is 4.10. The Hall–Kier alpha value is -1.99. The molecule has 2 aromatic rings. The third-order valence-electron chi connectivity index (χ3n) is 5.50. The van der Waals surface area contributed by atoms with Crippen molar-refractivity contribution in [2.75, 3.05) is 18.4 Å². The Balaban J connectivity index is 1.36. The second kappa shape index (κ2) is 7.49. The third kappa shape index (κ3) is 3.67. The highest BCUT2D eigenvalue weighted by Gasteiger charge is 2.31. The smallest absolute Gasteiger partial charge is 0.247 e. The monoisotopic (exact) mass is 342 g/mol. The summed E-state index contributed by atoms with van der Waals surface area (Å²) in [5, 5.41) is 25.8. The number of hydrogen-bond acceptors (Lipinski definition) is 6. The highest BCUT2D eigenvalue weighted by Crippen LogP contribution is 2.26. The van der Waals surface area contributed by atoms with E-state index in [1.54, 1.807) is 4.68 Å². The van der Waals surface area contributed by atoms with Gasteiger partial charge in [-0.25, -0.2) is 0 Å². The molecule has 2 heterocycles. The minimum Gasteiger partial charge on any atom is -0.391 e. The number of hydrogen-bond donors (Lipinski definition) is 2. The number of anilines is 1. The number of piperidine rings is 1. The Morgan fingerprint density at radius 1 is 1.00 bits per heavy atom. The molecule has 0 amide bonds. The van der Waals surface area contributed by atoms with Crippen LogP contribution in [0.2, 0.25) is 0 Å². The number of benzene rings is 1. The van der Waals surface area contributed by atoms with Crippen molar-refractivity contribution in [3.8, 4) is 5.69 Å². The number of rotatable bonds is 4. The molecule has 1 aliphatic heterocycles. The third-order valence-corrected chi connectivity index (χ3v) is 5.50. The molecule has 7 heteroatoms. The van der Waals surface area contributed by atoms with Crippen molar-refractivity contribution in [1.82, 2.24) is 25.1 Å². The highest BCUT2D eigenvalue weighted by atomic mass is 16.3. The normalized spacial score (nSPS) is 25.8. The lowest BCUT2D eigenvalue weighted by Gasteiger charge is -2.41. The Bertz CT molecular complexity index is 667. The SMILES string of the molecule is OC1CCCCC1N1CCC(Nc2nnnn2-c2ccccc2)CC1. The lowest BCUT2D eigenvalue weighted by atomic mass is 9.89. The van der Waals surface area contributed by atoms with E-state index < -0.39 is 0 Å². The number of aliphatic hydroxyl groups excluding tert-OH is 1. The molecule has 2 atom stereocenters. The number of nitrogens with one attached hydrogen (secondary N) is 1. The maximum Gasteiger partial charge on any atom is 0.247 e. The molecule has 1 saturated heterocycles. The Labute approximate surface area is 148 Å². The molecule has 1 aliphatic carbocycles. The number of nitrogens with zero attached hydrogens (tertiary/aromatic N) is 5. The van der Waals surface area contributed by atoms with Gasteiger partial charge >= 0.3 is 0 Å². The maximum atomic E-state index is 10.3. The zero-order chi connectivity index (χ0) is 17.1. The van der Waals surface area contributed by atoms with E-state index in [4.69, 9.17) is 0 Å². The lowest BCUT2D eigenvalue weighted by molar-refractivity contribution is 0.00990. The van der Waals surface area contributed by atoms with E-state index in [1.165, 1.54) is 6.42 Å². The summed E-state index contributed by atoms with van der Waals surface area (Å²) in [6, 6.07) is 10.7. The first kappa shape index (κ1) is 16.5. The van der Waals surface area contributed by atoms with Crippen LogP contribution in [0.5, 0.6) is 0 Å². The first-order valence-electron chi connectivity index (χ1n) is 9.34. The molecule has 0 bridgehead atoms. The van der Waals surface area contributed by atoms with Crippen molar-refractivity contribution in [2.24, 2.45) is 0 Å². The van der Waals surface area contributed by atoms with Gasteiger partial charge in [0.25, 0.3) is 0 Å². The summed E-state index contributed by atoms with van der Waals surface area (Å²) in [6.07, 6.45) is 6.43. The zero-order valence-electron chi connectivity index (χ0n) is 14.5. The number of likely N-dealkylation sites (tertiary alicyclic amines) is 1. The fraction of sp³-hybridized carbons (Fsp3) is 0.611. The molecular weight excluding hydrogens is 316 g/mol. The molecule has 7 nitrogen and oxygen atoms in total. The average Bonchev–Trinajstić information content (AvgIpc) is 3.12. The number of aliphatic hydroxyl groups is 1. The summed E-state index contributed by atoms with van der Waals surface area (Å²) in [5.41, 5.74) is 0.956. The average molecular weight is 342 g/mol. The molecule has 1 aromatic carbocycles. The minimum absolute atomic E-state index is 0.149. The van der Waals surface area contributed by atoms with Crippen molar-refractivity contribution in [1.29, 1.82) is 0 Å². The Morgan fingerprint density at radius 2 is 1.76 bits per heavy atom. The molecule has 25 heavy (non-hydrogen) atoms. The standard InChI is InChI=1S/C18H26N6O/c25-17-9-5-4-8-16(17)23-12-10-14(11-13-23)19-18-20-21-22-24(18)15-6-2-1-3-7-15/h1-3,6-7,14,16-17,25H,4-5,8-13H2,(H,19,20,22). The molecule has 4 rings (SSSR count). The predicted octanol–water partition coefficient (Wildman–Crippen LogP) is 1.84. The molecule has 2 fully saturated rings. The van der Waals surface area contributed by atoms with Crippen molar-refractivity contribution < 1.29 is 5.11 Å². The van der Waals surface area contributed by atoms with Crippen LogP contribution in [0.4, 0.5) is 5.95 Å². The van der Waals surface area contributed by atoms with Gasteiger partial charge in [-0.05, 0) is 48.2 Å². The molecule has 2 aliphatic rings. The summed E-state index contributed by atoms with van der Waals surface area (Å²) >= 11 is 0. The molecule has 2 unspecified atom stereocenters. The molecule has 1 saturated carbocycles. The van der Waals surface area contributed by atoms with E-state index in [0.29, 0.717) is 18.0 Å². The molecule has 134 valence electrons. The van der Waals surface area contributed by atoms with Gasteiger partial charge in [0, 0.05) is 25.2 Å². The summed E-state index contributed by atoms with van der Waals surface area (Å²) < 4.78 is 1.75. The van der Waals surface area contributed by atoms with Crippen molar-refractivity contribution >= 4 is 5.95 Å². The van der Waals surface area contributed by atoms with Crippen LogP contribution in [0, 0.1) is 0 Å². The van der Waals surface area contributed by atoms with Gasteiger partial charge < -0.3 is 10.4 Å². The lowest BCUT2D eigenvalue weighted by Crippen LogP contribution is -2.50. The highest BCUT2D eigenvalue weighted by molar-refractivity contribution is 5.38. The van der Waals surface area contributed by atoms with Crippen LogP contribution < -0.4 is 5.32 Å². The van der Waals surface area contributed by atoms with Crippen LogP contribution in [0.3, 0.4) is 0 Å². The zero-order valence-corrected chi connectivity index (χ0v) is 14.5. The van der Waals surface area contributed by atoms with E-state index in [1.807, 2.05) is 30.3 Å². The first-order chi connectivity index (χ1) is 12.3. The van der Waals surface area contributed by atoms with Gasteiger partial charge in [0.2, 0.25) is 5.95 Å². The van der Waals surface area contributed by atoms with Gasteiger partial charge in [0.15, 0.2) is 0 Å². The van der Waals surface area contributed by atoms with Crippen molar-refractivity contribution in [3.05, 3.63) is 30.3 Å². The largest absolute Gasteiger partial charge is 0.391 e. The summed E-state index contributed by atoms with van der Waals surface area (Å²) in [7, 11) is 0. The Morgan fingerprint density at radius 3 is 2.52 bits per heavy atom. The van der Waals surface area contributed by atoms with E-state index in [0.717, 1.165) is 50.9 Å². The maximum absolute atomic E-state index is 10.3. The number of para-hydroxylation sites is 1. The molecule has 2 N–H and O–H groups in total. The second-order valence-corrected chi connectivity index (χ2v) is 7.12. The van der Waals surface area contributed by atoms with Gasteiger partial charge in [0.1, 0.15) is 0 Å².